The summed E-state index contributed by atoms with van der Waals surface area (Å²) in [6, 6.07) is 8.52. The maximum atomic E-state index is 12.4. The first kappa shape index (κ1) is 16.9. The highest BCUT2D eigenvalue weighted by molar-refractivity contribution is 5.79. The molecule has 1 amide bonds. The van der Waals surface area contributed by atoms with Crippen LogP contribution in [-0.4, -0.2) is 55.3 Å². The smallest absolute Gasteiger partial charge is 0.224 e. The molecule has 3 aliphatic rings. The summed E-state index contributed by atoms with van der Waals surface area (Å²) in [6.45, 7) is 5.46. The van der Waals surface area contributed by atoms with E-state index < -0.39 is 0 Å². The fraction of sp³-hybridized carbons (Fsp3) is 0.650. The molecule has 2 aliphatic heterocycles. The summed E-state index contributed by atoms with van der Waals surface area (Å²) in [5.74, 6) is 1.74. The lowest BCUT2D eigenvalue weighted by atomic mass is 10.1. The number of benzene rings is 1. The lowest BCUT2D eigenvalue weighted by Crippen LogP contribution is -2.47. The van der Waals surface area contributed by atoms with E-state index in [0.717, 1.165) is 43.3 Å². The van der Waals surface area contributed by atoms with Crippen molar-refractivity contribution in [1.29, 1.82) is 0 Å². The molecular weight excluding hydrogens is 316 g/mol. The van der Waals surface area contributed by atoms with Gasteiger partial charge in [-0.3, -0.25) is 9.69 Å². The second-order valence-electron chi connectivity index (χ2n) is 7.57. The van der Waals surface area contributed by atoms with Gasteiger partial charge in [-0.2, -0.15) is 0 Å². The molecular formula is C20H28N2O3. The fourth-order valence-electron chi connectivity index (χ4n) is 4.09. The summed E-state index contributed by atoms with van der Waals surface area (Å²) in [7, 11) is 0. The van der Waals surface area contributed by atoms with Crippen molar-refractivity contribution in [2.75, 3.05) is 26.3 Å². The highest BCUT2D eigenvalue weighted by Gasteiger charge is 2.42. The zero-order valence-corrected chi connectivity index (χ0v) is 14.9. The number of fused-ring (bicyclic) bond motifs is 1. The molecule has 1 aromatic carbocycles. The average Bonchev–Trinajstić information content (AvgIpc) is 3.37. The quantitative estimate of drug-likeness (QED) is 0.858. The van der Waals surface area contributed by atoms with Gasteiger partial charge in [-0.15, -0.1) is 0 Å². The third kappa shape index (κ3) is 4.15. The molecule has 0 unspecified atom stereocenters. The maximum absolute atomic E-state index is 12.4. The van der Waals surface area contributed by atoms with Gasteiger partial charge in [0.25, 0.3) is 0 Å². The Balaban J connectivity index is 1.25. The fourth-order valence-corrected chi connectivity index (χ4v) is 4.09. The first-order valence-corrected chi connectivity index (χ1v) is 9.58. The molecule has 25 heavy (non-hydrogen) atoms. The number of ether oxygens (including phenoxy) is 2. The number of hydrogen-bond donors (Lipinski definition) is 1. The minimum Gasteiger partial charge on any atom is -0.494 e. The van der Waals surface area contributed by atoms with Crippen molar-refractivity contribution in [3.63, 3.8) is 0 Å². The first-order chi connectivity index (χ1) is 12.2. The molecule has 4 rings (SSSR count). The summed E-state index contributed by atoms with van der Waals surface area (Å²) in [5, 5.41) is 3.22. The van der Waals surface area contributed by atoms with Gasteiger partial charge >= 0.3 is 0 Å². The number of nitrogens with one attached hydrogen (secondary N) is 1. The van der Waals surface area contributed by atoms with E-state index >= 15 is 0 Å². The van der Waals surface area contributed by atoms with Gasteiger partial charge in [0.1, 0.15) is 5.75 Å². The molecule has 1 N–H and O–H groups in total. The van der Waals surface area contributed by atoms with Crippen molar-refractivity contribution in [2.45, 2.75) is 50.8 Å². The summed E-state index contributed by atoms with van der Waals surface area (Å²) >= 11 is 0. The topological polar surface area (TPSA) is 50.8 Å². The highest BCUT2D eigenvalue weighted by Crippen LogP contribution is 2.37. The maximum Gasteiger partial charge on any atom is 0.224 e. The van der Waals surface area contributed by atoms with Crippen LogP contribution in [0.4, 0.5) is 0 Å². The standard InChI is InChI=1S/C20H28N2O3/c1-2-24-18-7-3-14(4-8-18)9-20(23)21-16-10-17-13-25-19(15-5-6-15)12-22(17)11-16/h3-4,7-8,15-17,19H,2,5-6,9-13H2,1H3,(H,21,23)/t16-,17-,19-/m0/s1. The third-order valence-electron chi connectivity index (χ3n) is 5.56. The van der Waals surface area contributed by atoms with E-state index in [-0.39, 0.29) is 11.9 Å². The zero-order chi connectivity index (χ0) is 17.2. The van der Waals surface area contributed by atoms with Gasteiger partial charge in [-0.05, 0) is 49.8 Å². The summed E-state index contributed by atoms with van der Waals surface area (Å²) in [4.78, 5) is 14.9. The Kier molecular flexibility index (Phi) is 4.95. The Morgan fingerprint density at radius 1 is 1.28 bits per heavy atom. The number of nitrogens with zero attached hydrogens (tertiary/aromatic N) is 1. The molecule has 1 aromatic rings. The van der Waals surface area contributed by atoms with Crippen molar-refractivity contribution in [1.82, 2.24) is 10.2 Å². The van der Waals surface area contributed by atoms with E-state index in [1.807, 2.05) is 31.2 Å². The Labute approximate surface area is 149 Å². The molecule has 2 heterocycles. The van der Waals surface area contributed by atoms with Crippen LogP contribution in [0.5, 0.6) is 5.75 Å². The molecule has 1 aliphatic carbocycles. The molecule has 0 spiro atoms. The largest absolute Gasteiger partial charge is 0.494 e. The lowest BCUT2D eigenvalue weighted by molar-refractivity contribution is -0.121. The third-order valence-corrected chi connectivity index (χ3v) is 5.56. The summed E-state index contributed by atoms with van der Waals surface area (Å²) < 4.78 is 11.5. The van der Waals surface area contributed by atoms with Crippen molar-refractivity contribution >= 4 is 5.91 Å². The Hall–Kier alpha value is -1.59. The zero-order valence-electron chi connectivity index (χ0n) is 14.9. The summed E-state index contributed by atoms with van der Waals surface area (Å²) in [6.07, 6.45) is 4.51. The second kappa shape index (κ2) is 7.34. The minimum atomic E-state index is 0.105. The van der Waals surface area contributed by atoms with Crippen LogP contribution in [0, 0.1) is 5.92 Å². The van der Waals surface area contributed by atoms with Crippen LogP contribution < -0.4 is 10.1 Å². The van der Waals surface area contributed by atoms with Gasteiger partial charge in [0.05, 0.1) is 25.7 Å². The molecule has 5 nitrogen and oxygen atoms in total. The van der Waals surface area contributed by atoms with Crippen LogP contribution in [-0.2, 0) is 16.0 Å². The van der Waals surface area contributed by atoms with E-state index in [0.29, 0.717) is 25.2 Å². The number of amides is 1. The number of carbonyl (C=O) groups is 1. The summed E-state index contributed by atoms with van der Waals surface area (Å²) in [5.41, 5.74) is 1.02. The van der Waals surface area contributed by atoms with E-state index in [1.165, 1.54) is 12.8 Å². The molecule has 0 aromatic heterocycles. The van der Waals surface area contributed by atoms with Crippen molar-refractivity contribution in [3.05, 3.63) is 29.8 Å². The molecule has 0 radical (unpaired) electrons. The molecule has 0 bridgehead atoms. The van der Waals surface area contributed by atoms with E-state index in [4.69, 9.17) is 9.47 Å². The van der Waals surface area contributed by atoms with E-state index in [9.17, 15) is 4.79 Å². The number of rotatable bonds is 6. The average molecular weight is 344 g/mol. The van der Waals surface area contributed by atoms with Gasteiger partial charge in [0.2, 0.25) is 5.91 Å². The van der Waals surface area contributed by atoms with Crippen molar-refractivity contribution in [3.8, 4) is 5.75 Å². The first-order valence-electron chi connectivity index (χ1n) is 9.58. The van der Waals surface area contributed by atoms with Gasteiger partial charge in [0, 0.05) is 25.2 Å². The molecule has 1 saturated carbocycles. The predicted molar refractivity (Wildman–Crippen MR) is 95.7 cm³/mol. The molecule has 136 valence electrons. The highest BCUT2D eigenvalue weighted by atomic mass is 16.5. The minimum absolute atomic E-state index is 0.105. The van der Waals surface area contributed by atoms with Gasteiger partial charge in [-0.25, -0.2) is 0 Å². The molecule has 5 heteroatoms. The van der Waals surface area contributed by atoms with E-state index in [1.54, 1.807) is 0 Å². The number of hydrogen-bond acceptors (Lipinski definition) is 4. The van der Waals surface area contributed by atoms with Gasteiger partial charge in [0.15, 0.2) is 0 Å². The Bertz CT molecular complexity index is 599. The molecule has 3 fully saturated rings. The van der Waals surface area contributed by atoms with Crippen LogP contribution in [0.3, 0.4) is 0 Å². The van der Waals surface area contributed by atoms with Crippen LogP contribution in [0.2, 0.25) is 0 Å². The van der Waals surface area contributed by atoms with Gasteiger partial charge in [-0.1, -0.05) is 12.1 Å². The van der Waals surface area contributed by atoms with Crippen LogP contribution in [0.25, 0.3) is 0 Å². The molecule has 3 atom stereocenters. The van der Waals surface area contributed by atoms with Crippen LogP contribution in [0.15, 0.2) is 24.3 Å². The van der Waals surface area contributed by atoms with Crippen LogP contribution in [0.1, 0.15) is 31.7 Å². The Morgan fingerprint density at radius 3 is 2.80 bits per heavy atom. The number of carbonyl (C=O) groups excluding carboxylic acids is 1. The van der Waals surface area contributed by atoms with E-state index in [2.05, 4.69) is 10.2 Å². The van der Waals surface area contributed by atoms with Crippen LogP contribution >= 0.6 is 0 Å². The normalized spacial score (nSPS) is 29.2. The van der Waals surface area contributed by atoms with Gasteiger partial charge < -0.3 is 14.8 Å². The predicted octanol–water partition coefficient (Wildman–Crippen LogP) is 2.00. The van der Waals surface area contributed by atoms with Crippen molar-refractivity contribution in [2.24, 2.45) is 5.92 Å². The number of morpholine rings is 1. The lowest BCUT2D eigenvalue weighted by Gasteiger charge is -2.35. The van der Waals surface area contributed by atoms with Crippen molar-refractivity contribution < 1.29 is 14.3 Å². The monoisotopic (exact) mass is 344 g/mol. The molecule has 2 saturated heterocycles. The second-order valence-corrected chi connectivity index (χ2v) is 7.57. The SMILES string of the molecule is CCOc1ccc(CC(=O)N[C@H]2C[C@H]3CO[C@H](C4CC4)CN3C2)cc1. The Morgan fingerprint density at radius 2 is 2.08 bits per heavy atom.